The van der Waals surface area contributed by atoms with E-state index in [1.54, 1.807) is 7.11 Å². The molecular weight excluding hydrogens is 314 g/mol. The van der Waals surface area contributed by atoms with Crippen LogP contribution >= 0.6 is 0 Å². The molecule has 0 bridgehead atoms. The number of pyridine rings is 1. The lowest BCUT2D eigenvalue weighted by molar-refractivity contribution is 0.0506. The molecule has 134 valence electrons. The summed E-state index contributed by atoms with van der Waals surface area (Å²) in [6.07, 6.45) is 0.355. The van der Waals surface area contributed by atoms with E-state index in [4.69, 9.17) is 14.5 Å². The molecule has 2 atom stereocenters. The molecule has 0 spiro atoms. The first kappa shape index (κ1) is 16.9. The van der Waals surface area contributed by atoms with Gasteiger partial charge in [0.15, 0.2) is 0 Å². The van der Waals surface area contributed by atoms with Crippen LogP contribution in [0.2, 0.25) is 0 Å². The highest BCUT2D eigenvalue weighted by Gasteiger charge is 2.36. The Morgan fingerprint density at radius 3 is 2.92 bits per heavy atom. The highest BCUT2D eigenvalue weighted by molar-refractivity contribution is 5.78. The standard InChI is InChI=1S/C20H27N3O2/c1-24-10-8-22-9-11-25-20-15-23(13-17(20)12-22)14-18-7-6-16-4-2-3-5-19(16)21-18/h2-7,17,20H,8-15H2,1H3/t17-,20+/m1/s1. The third-order valence-corrected chi connectivity index (χ3v) is 5.34. The SMILES string of the molecule is COCCN1CCO[C@H]2CN(Cc3ccc4ccccc4n3)C[C@H]2C1. The molecule has 2 fully saturated rings. The Morgan fingerprint density at radius 2 is 2.00 bits per heavy atom. The number of benzene rings is 1. The smallest absolute Gasteiger partial charge is 0.0755 e. The van der Waals surface area contributed by atoms with Crippen LogP contribution in [0.5, 0.6) is 0 Å². The van der Waals surface area contributed by atoms with Crippen molar-refractivity contribution in [2.75, 3.05) is 53.0 Å². The van der Waals surface area contributed by atoms with Gasteiger partial charge in [0.2, 0.25) is 0 Å². The molecule has 1 aromatic carbocycles. The molecule has 0 radical (unpaired) electrons. The fourth-order valence-corrected chi connectivity index (χ4v) is 4.03. The van der Waals surface area contributed by atoms with Crippen LogP contribution in [0.25, 0.3) is 10.9 Å². The minimum atomic E-state index is 0.355. The molecule has 1 aromatic heterocycles. The molecule has 0 aliphatic carbocycles. The lowest BCUT2D eigenvalue weighted by Gasteiger charge is -2.23. The van der Waals surface area contributed by atoms with Crippen LogP contribution in [0.15, 0.2) is 36.4 Å². The Labute approximate surface area is 149 Å². The monoisotopic (exact) mass is 341 g/mol. The molecule has 4 rings (SSSR count). The van der Waals surface area contributed by atoms with Gasteiger partial charge in [-0.05, 0) is 12.1 Å². The normalized spacial score (nSPS) is 25.2. The van der Waals surface area contributed by atoms with Crippen molar-refractivity contribution < 1.29 is 9.47 Å². The van der Waals surface area contributed by atoms with E-state index in [2.05, 4.69) is 46.2 Å². The Hall–Kier alpha value is -1.53. The quantitative estimate of drug-likeness (QED) is 0.832. The van der Waals surface area contributed by atoms with Crippen LogP contribution in [-0.2, 0) is 16.0 Å². The molecule has 2 aliphatic rings. The number of para-hydroxylation sites is 1. The van der Waals surface area contributed by atoms with Crippen molar-refractivity contribution >= 4 is 10.9 Å². The van der Waals surface area contributed by atoms with Crippen molar-refractivity contribution in [3.05, 3.63) is 42.1 Å². The van der Waals surface area contributed by atoms with E-state index in [-0.39, 0.29) is 0 Å². The topological polar surface area (TPSA) is 37.8 Å². The van der Waals surface area contributed by atoms with Crippen molar-refractivity contribution in [2.24, 2.45) is 5.92 Å². The van der Waals surface area contributed by atoms with Crippen molar-refractivity contribution in [2.45, 2.75) is 12.6 Å². The van der Waals surface area contributed by atoms with E-state index < -0.39 is 0 Å². The maximum absolute atomic E-state index is 6.13. The molecule has 0 N–H and O–H groups in total. The van der Waals surface area contributed by atoms with E-state index >= 15 is 0 Å². The lowest BCUT2D eigenvalue weighted by atomic mass is 10.1. The Kier molecular flexibility index (Phi) is 5.27. The molecular formula is C20H27N3O2. The van der Waals surface area contributed by atoms with Gasteiger partial charge < -0.3 is 9.47 Å². The third-order valence-electron chi connectivity index (χ3n) is 5.34. The number of rotatable bonds is 5. The van der Waals surface area contributed by atoms with Crippen molar-refractivity contribution in [3.8, 4) is 0 Å². The zero-order chi connectivity index (χ0) is 17.1. The zero-order valence-electron chi connectivity index (χ0n) is 14.9. The van der Waals surface area contributed by atoms with Gasteiger partial charge in [0.1, 0.15) is 0 Å². The number of methoxy groups -OCH3 is 1. The fraction of sp³-hybridized carbons (Fsp3) is 0.550. The number of hydrogen-bond acceptors (Lipinski definition) is 5. The van der Waals surface area contributed by atoms with Crippen molar-refractivity contribution in [3.63, 3.8) is 0 Å². The summed E-state index contributed by atoms with van der Waals surface area (Å²) in [5, 5.41) is 1.20. The first-order valence-electron chi connectivity index (χ1n) is 9.22. The number of aromatic nitrogens is 1. The van der Waals surface area contributed by atoms with Gasteiger partial charge in [0.05, 0.1) is 30.5 Å². The largest absolute Gasteiger partial charge is 0.383 e. The molecule has 2 aliphatic heterocycles. The minimum absolute atomic E-state index is 0.355. The number of nitrogens with zero attached hydrogens (tertiary/aromatic N) is 3. The maximum atomic E-state index is 6.13. The summed E-state index contributed by atoms with van der Waals surface area (Å²) >= 11 is 0. The first-order chi connectivity index (χ1) is 12.3. The summed E-state index contributed by atoms with van der Waals surface area (Å²) in [5.74, 6) is 0.583. The van der Waals surface area contributed by atoms with Crippen LogP contribution in [0.1, 0.15) is 5.69 Å². The maximum Gasteiger partial charge on any atom is 0.0755 e. The summed E-state index contributed by atoms with van der Waals surface area (Å²) in [6, 6.07) is 12.6. The van der Waals surface area contributed by atoms with E-state index in [0.717, 1.165) is 63.7 Å². The van der Waals surface area contributed by atoms with Gasteiger partial charge in [0.25, 0.3) is 0 Å². The molecule has 0 unspecified atom stereocenters. The van der Waals surface area contributed by atoms with Gasteiger partial charge in [0, 0.05) is 57.7 Å². The molecule has 5 heteroatoms. The van der Waals surface area contributed by atoms with Crippen molar-refractivity contribution in [1.29, 1.82) is 0 Å². The molecule has 2 saturated heterocycles. The number of likely N-dealkylation sites (tertiary alicyclic amines) is 1. The lowest BCUT2D eigenvalue weighted by Crippen LogP contribution is -2.34. The third kappa shape index (κ3) is 4.01. The van der Waals surface area contributed by atoms with Crippen LogP contribution in [0, 0.1) is 5.92 Å². The van der Waals surface area contributed by atoms with Crippen LogP contribution in [0.4, 0.5) is 0 Å². The molecule has 3 heterocycles. The summed E-state index contributed by atoms with van der Waals surface area (Å²) in [6.45, 7) is 7.74. The molecule has 0 saturated carbocycles. The van der Waals surface area contributed by atoms with Crippen LogP contribution in [0.3, 0.4) is 0 Å². The van der Waals surface area contributed by atoms with E-state index in [1.807, 2.05) is 0 Å². The van der Waals surface area contributed by atoms with E-state index in [9.17, 15) is 0 Å². The minimum Gasteiger partial charge on any atom is -0.383 e. The van der Waals surface area contributed by atoms with Gasteiger partial charge in [-0.2, -0.15) is 0 Å². The van der Waals surface area contributed by atoms with E-state index in [1.165, 1.54) is 5.39 Å². The fourth-order valence-electron chi connectivity index (χ4n) is 4.03. The van der Waals surface area contributed by atoms with Crippen molar-refractivity contribution in [1.82, 2.24) is 14.8 Å². The summed E-state index contributed by atoms with van der Waals surface area (Å²) in [5.41, 5.74) is 2.22. The average Bonchev–Trinajstić information content (AvgIpc) is 2.90. The van der Waals surface area contributed by atoms with Gasteiger partial charge >= 0.3 is 0 Å². The molecule has 0 amide bonds. The van der Waals surface area contributed by atoms with Gasteiger partial charge in [-0.1, -0.05) is 24.3 Å². The first-order valence-corrected chi connectivity index (χ1v) is 9.22. The number of hydrogen-bond donors (Lipinski definition) is 0. The number of ether oxygens (including phenoxy) is 2. The van der Waals surface area contributed by atoms with Gasteiger partial charge in [-0.25, -0.2) is 0 Å². The summed E-state index contributed by atoms with van der Waals surface area (Å²) < 4.78 is 11.4. The van der Waals surface area contributed by atoms with Crippen LogP contribution in [-0.4, -0.2) is 73.9 Å². The van der Waals surface area contributed by atoms with Gasteiger partial charge in [-0.3, -0.25) is 14.8 Å². The summed E-state index contributed by atoms with van der Waals surface area (Å²) in [7, 11) is 1.77. The predicted molar refractivity (Wildman–Crippen MR) is 98.6 cm³/mol. The van der Waals surface area contributed by atoms with Crippen LogP contribution < -0.4 is 0 Å². The highest BCUT2D eigenvalue weighted by Crippen LogP contribution is 2.25. The highest BCUT2D eigenvalue weighted by atomic mass is 16.5. The second-order valence-corrected chi connectivity index (χ2v) is 7.15. The second-order valence-electron chi connectivity index (χ2n) is 7.15. The Morgan fingerprint density at radius 1 is 1.12 bits per heavy atom. The molecule has 25 heavy (non-hydrogen) atoms. The zero-order valence-corrected chi connectivity index (χ0v) is 14.9. The average molecular weight is 341 g/mol. The summed E-state index contributed by atoms with van der Waals surface area (Å²) in [4.78, 5) is 9.79. The Bertz CT molecular complexity index is 706. The molecule has 2 aromatic rings. The Balaban J connectivity index is 1.39. The molecule has 5 nitrogen and oxygen atoms in total. The van der Waals surface area contributed by atoms with E-state index in [0.29, 0.717) is 12.0 Å². The van der Waals surface area contributed by atoms with Gasteiger partial charge in [-0.15, -0.1) is 0 Å². The second kappa shape index (κ2) is 7.79. The predicted octanol–water partition coefficient (Wildman–Crippen LogP) is 2.01. The number of fused-ring (bicyclic) bond motifs is 2.